The van der Waals surface area contributed by atoms with Crippen LogP contribution in [0.3, 0.4) is 0 Å². The van der Waals surface area contributed by atoms with Gasteiger partial charge in [-0.05, 0) is 42.9 Å². The number of ether oxygens (including phenoxy) is 1. The molecular formula is C29H27NO4. The quantitative estimate of drug-likeness (QED) is 0.285. The highest BCUT2D eigenvalue weighted by Gasteiger charge is 2.40. The van der Waals surface area contributed by atoms with Crippen LogP contribution in [-0.2, 0) is 11.2 Å². The van der Waals surface area contributed by atoms with Gasteiger partial charge in [0.05, 0.1) is 12.0 Å². The van der Waals surface area contributed by atoms with Gasteiger partial charge in [-0.15, -0.1) is 0 Å². The van der Waals surface area contributed by atoms with Crippen LogP contribution in [0, 0.1) is 5.92 Å². The third kappa shape index (κ3) is 4.66. The minimum Gasteiger partial charge on any atom is -0.440 e. The molecular weight excluding hydrogens is 426 g/mol. The van der Waals surface area contributed by atoms with E-state index >= 15 is 0 Å². The van der Waals surface area contributed by atoms with Crippen LogP contribution in [0.15, 0.2) is 89.3 Å². The third-order valence-corrected chi connectivity index (χ3v) is 6.43. The van der Waals surface area contributed by atoms with Crippen molar-refractivity contribution in [1.82, 2.24) is 4.98 Å². The normalized spacial score (nSPS) is 19.8. The minimum atomic E-state index is -0.521. The van der Waals surface area contributed by atoms with Crippen molar-refractivity contribution in [3.8, 4) is 28.3 Å². The molecule has 0 radical (unpaired) electrons. The van der Waals surface area contributed by atoms with E-state index in [1.54, 1.807) is 6.07 Å². The van der Waals surface area contributed by atoms with Crippen LogP contribution in [0.5, 0.6) is 5.75 Å². The Balaban J connectivity index is 1.49. The fourth-order valence-corrected chi connectivity index (χ4v) is 4.91. The summed E-state index contributed by atoms with van der Waals surface area (Å²) in [4.78, 5) is 16.3. The summed E-state index contributed by atoms with van der Waals surface area (Å²) >= 11 is 0. The van der Waals surface area contributed by atoms with E-state index in [9.17, 15) is 9.90 Å². The van der Waals surface area contributed by atoms with Crippen molar-refractivity contribution in [3.05, 3.63) is 96.4 Å². The predicted octanol–water partition coefficient (Wildman–Crippen LogP) is 6.03. The summed E-state index contributed by atoms with van der Waals surface area (Å²) in [6.45, 7) is 1.40. The van der Waals surface area contributed by atoms with E-state index in [-0.39, 0.29) is 17.8 Å². The fraction of sp³-hybridized carbons (Fsp3) is 0.241. The smallest absolute Gasteiger partial charge is 0.308 e. The van der Waals surface area contributed by atoms with Gasteiger partial charge in [0.25, 0.3) is 0 Å². The topological polar surface area (TPSA) is 72.6 Å². The summed E-state index contributed by atoms with van der Waals surface area (Å²) in [6, 6.07) is 27.6. The number of benzene rings is 3. The lowest BCUT2D eigenvalue weighted by Gasteiger charge is -2.19. The van der Waals surface area contributed by atoms with E-state index < -0.39 is 6.10 Å². The van der Waals surface area contributed by atoms with Gasteiger partial charge >= 0.3 is 5.97 Å². The first-order valence-electron chi connectivity index (χ1n) is 11.7. The van der Waals surface area contributed by atoms with Crippen LogP contribution in [0.25, 0.3) is 22.6 Å². The molecule has 1 aliphatic carbocycles. The highest BCUT2D eigenvalue weighted by atomic mass is 16.5. The number of hydrogen-bond donors (Lipinski definition) is 1. The Hall–Kier alpha value is -3.70. The Labute approximate surface area is 199 Å². The van der Waals surface area contributed by atoms with Gasteiger partial charge in [0, 0.05) is 18.1 Å². The molecule has 3 unspecified atom stereocenters. The number of nitrogens with zero attached hydrogens (tertiary/aromatic N) is 1. The molecule has 1 aromatic heterocycles. The van der Waals surface area contributed by atoms with Crippen molar-refractivity contribution in [2.24, 2.45) is 5.92 Å². The number of esters is 1. The molecule has 0 amide bonds. The Morgan fingerprint density at radius 2 is 1.68 bits per heavy atom. The second kappa shape index (κ2) is 9.65. The molecule has 0 bridgehead atoms. The maximum atomic E-state index is 11.3. The SMILES string of the molecule is CC(=O)Oc1cccc(CC2CCC(O)C2c2nc(-c3ccccc3)c(-c3ccccc3)o2)c1. The van der Waals surface area contributed by atoms with E-state index in [0.29, 0.717) is 18.1 Å². The molecule has 4 aromatic rings. The number of rotatable bonds is 6. The number of carbonyl (C=O) groups excluding carboxylic acids is 1. The number of aromatic nitrogens is 1. The Bertz CT molecular complexity index is 1210. The molecule has 172 valence electrons. The van der Waals surface area contributed by atoms with E-state index in [2.05, 4.69) is 0 Å². The maximum absolute atomic E-state index is 11.3. The highest BCUT2D eigenvalue weighted by Crippen LogP contribution is 2.44. The highest BCUT2D eigenvalue weighted by molar-refractivity contribution is 5.76. The molecule has 0 aliphatic heterocycles. The van der Waals surface area contributed by atoms with Crippen LogP contribution in [0.2, 0.25) is 0 Å². The second-order valence-corrected chi connectivity index (χ2v) is 8.84. The second-order valence-electron chi connectivity index (χ2n) is 8.84. The van der Waals surface area contributed by atoms with Gasteiger partial charge in [-0.3, -0.25) is 4.79 Å². The van der Waals surface area contributed by atoms with Crippen LogP contribution >= 0.6 is 0 Å². The molecule has 1 fully saturated rings. The van der Waals surface area contributed by atoms with Gasteiger partial charge < -0.3 is 14.3 Å². The number of carbonyl (C=O) groups is 1. The molecule has 5 rings (SSSR count). The van der Waals surface area contributed by atoms with E-state index in [0.717, 1.165) is 41.0 Å². The van der Waals surface area contributed by atoms with Crippen LogP contribution in [-0.4, -0.2) is 22.2 Å². The molecule has 0 spiro atoms. The van der Waals surface area contributed by atoms with Gasteiger partial charge in [0.1, 0.15) is 11.4 Å². The molecule has 1 heterocycles. The van der Waals surface area contributed by atoms with Crippen LogP contribution in [0.1, 0.15) is 37.1 Å². The molecule has 3 aromatic carbocycles. The number of aliphatic hydroxyl groups excluding tert-OH is 1. The lowest BCUT2D eigenvalue weighted by atomic mass is 9.88. The monoisotopic (exact) mass is 453 g/mol. The largest absolute Gasteiger partial charge is 0.440 e. The number of aliphatic hydroxyl groups is 1. The summed E-state index contributed by atoms with van der Waals surface area (Å²) < 4.78 is 11.7. The lowest BCUT2D eigenvalue weighted by Crippen LogP contribution is -2.19. The summed E-state index contributed by atoms with van der Waals surface area (Å²) in [5.41, 5.74) is 3.78. The summed E-state index contributed by atoms with van der Waals surface area (Å²) in [6.07, 6.45) is 1.78. The predicted molar refractivity (Wildman–Crippen MR) is 130 cm³/mol. The molecule has 1 N–H and O–H groups in total. The molecule has 3 atom stereocenters. The molecule has 34 heavy (non-hydrogen) atoms. The summed E-state index contributed by atoms with van der Waals surface area (Å²) in [7, 11) is 0. The maximum Gasteiger partial charge on any atom is 0.308 e. The van der Waals surface area contributed by atoms with E-state index in [1.165, 1.54) is 6.92 Å². The molecule has 1 aliphatic rings. The first kappa shape index (κ1) is 22.1. The molecule has 1 saturated carbocycles. The Kier molecular flexibility index (Phi) is 6.28. The van der Waals surface area contributed by atoms with E-state index in [1.807, 2.05) is 78.9 Å². The molecule has 0 saturated heterocycles. The van der Waals surface area contributed by atoms with E-state index in [4.69, 9.17) is 14.1 Å². The van der Waals surface area contributed by atoms with Crippen molar-refractivity contribution in [3.63, 3.8) is 0 Å². The Morgan fingerprint density at radius 1 is 0.971 bits per heavy atom. The average molecular weight is 454 g/mol. The molecule has 5 nitrogen and oxygen atoms in total. The summed E-state index contributed by atoms with van der Waals surface area (Å²) in [5, 5.41) is 10.9. The first-order chi connectivity index (χ1) is 16.6. The zero-order chi connectivity index (χ0) is 23.5. The van der Waals surface area contributed by atoms with Crippen LogP contribution in [0.4, 0.5) is 0 Å². The first-order valence-corrected chi connectivity index (χ1v) is 11.7. The van der Waals surface area contributed by atoms with Crippen molar-refractivity contribution >= 4 is 5.97 Å². The fourth-order valence-electron chi connectivity index (χ4n) is 4.91. The Morgan fingerprint density at radius 3 is 2.38 bits per heavy atom. The number of hydrogen-bond acceptors (Lipinski definition) is 5. The van der Waals surface area contributed by atoms with Crippen molar-refractivity contribution in [2.75, 3.05) is 0 Å². The van der Waals surface area contributed by atoms with Crippen molar-refractivity contribution in [1.29, 1.82) is 0 Å². The zero-order valence-corrected chi connectivity index (χ0v) is 19.1. The zero-order valence-electron chi connectivity index (χ0n) is 19.1. The van der Waals surface area contributed by atoms with Gasteiger partial charge in [0.15, 0.2) is 5.76 Å². The lowest BCUT2D eigenvalue weighted by molar-refractivity contribution is -0.131. The van der Waals surface area contributed by atoms with Crippen molar-refractivity contribution in [2.45, 2.75) is 38.2 Å². The minimum absolute atomic E-state index is 0.161. The van der Waals surface area contributed by atoms with Gasteiger partial charge in [-0.2, -0.15) is 0 Å². The standard InChI is InChI=1S/C29H27NO4/c1-19(31)33-24-14-8-9-20(18-24)17-23-15-16-25(32)26(23)29-30-27(21-10-4-2-5-11-21)28(34-29)22-12-6-3-7-13-22/h2-14,18,23,25-26,32H,15-17H2,1H3. The van der Waals surface area contributed by atoms with Gasteiger partial charge in [-0.25, -0.2) is 4.98 Å². The van der Waals surface area contributed by atoms with Gasteiger partial charge in [-0.1, -0.05) is 72.8 Å². The van der Waals surface area contributed by atoms with Crippen LogP contribution < -0.4 is 4.74 Å². The van der Waals surface area contributed by atoms with Crippen molar-refractivity contribution < 1.29 is 19.1 Å². The average Bonchev–Trinajstić information content (AvgIpc) is 3.43. The third-order valence-electron chi connectivity index (χ3n) is 6.43. The molecule has 5 heteroatoms. The summed E-state index contributed by atoms with van der Waals surface area (Å²) in [5.74, 6) is 1.44. The van der Waals surface area contributed by atoms with Gasteiger partial charge in [0.2, 0.25) is 5.89 Å². The number of oxazole rings is 1.